The van der Waals surface area contributed by atoms with E-state index >= 15 is 0 Å². The van der Waals surface area contributed by atoms with E-state index in [0.717, 1.165) is 34.9 Å². The molecule has 0 aliphatic heterocycles. The highest BCUT2D eigenvalue weighted by Crippen LogP contribution is 2.33. The molecule has 0 saturated carbocycles. The van der Waals surface area contributed by atoms with E-state index in [2.05, 4.69) is 22.0 Å². The van der Waals surface area contributed by atoms with Crippen molar-refractivity contribution in [1.29, 1.82) is 0 Å². The van der Waals surface area contributed by atoms with E-state index in [9.17, 15) is 5.11 Å². The Labute approximate surface area is 128 Å². The van der Waals surface area contributed by atoms with Crippen LogP contribution in [0.3, 0.4) is 0 Å². The molecule has 2 aromatic rings. The zero-order chi connectivity index (χ0) is 14.4. The predicted octanol–water partition coefficient (Wildman–Crippen LogP) is 5.19. The van der Waals surface area contributed by atoms with Crippen LogP contribution in [0.4, 0.5) is 0 Å². The van der Waals surface area contributed by atoms with Gasteiger partial charge in [0.15, 0.2) is 0 Å². The molecule has 3 heteroatoms. The fourth-order valence-electron chi connectivity index (χ4n) is 2.28. The first-order valence-electron chi connectivity index (χ1n) is 7.13. The van der Waals surface area contributed by atoms with Crippen LogP contribution in [-0.2, 0) is 0 Å². The predicted molar refractivity (Wildman–Crippen MR) is 88.1 cm³/mol. The lowest BCUT2D eigenvalue weighted by molar-refractivity contribution is 0.308. The highest BCUT2D eigenvalue weighted by molar-refractivity contribution is 9.09. The first-order chi connectivity index (χ1) is 9.72. The second kappa shape index (κ2) is 7.53. The maximum Gasteiger partial charge on any atom is 0.127 e. The summed E-state index contributed by atoms with van der Waals surface area (Å²) in [6.45, 7) is 2.78. The highest BCUT2D eigenvalue weighted by Gasteiger charge is 2.06. The van der Waals surface area contributed by atoms with Crippen LogP contribution in [0, 0.1) is 6.92 Å². The van der Waals surface area contributed by atoms with E-state index in [4.69, 9.17) is 4.74 Å². The minimum atomic E-state index is 0.310. The van der Waals surface area contributed by atoms with Crippen molar-refractivity contribution in [2.24, 2.45) is 0 Å². The number of rotatable bonds is 7. The Hall–Kier alpha value is -1.22. The van der Waals surface area contributed by atoms with Crippen molar-refractivity contribution in [3.05, 3.63) is 35.9 Å². The number of phenols is 1. The Balaban J connectivity index is 2.03. The number of benzene rings is 2. The van der Waals surface area contributed by atoms with Crippen LogP contribution in [0.1, 0.15) is 31.2 Å². The summed E-state index contributed by atoms with van der Waals surface area (Å²) in [6.07, 6.45) is 4.73. The lowest BCUT2D eigenvalue weighted by Crippen LogP contribution is -1.98. The number of fused-ring (bicyclic) bond motifs is 1. The quantitative estimate of drug-likeness (QED) is 0.557. The third-order valence-electron chi connectivity index (χ3n) is 3.39. The van der Waals surface area contributed by atoms with Crippen LogP contribution >= 0.6 is 15.9 Å². The molecule has 20 heavy (non-hydrogen) atoms. The Morgan fingerprint density at radius 3 is 2.60 bits per heavy atom. The molecule has 0 heterocycles. The third kappa shape index (κ3) is 3.89. The molecule has 0 saturated heterocycles. The van der Waals surface area contributed by atoms with Crippen LogP contribution in [0.2, 0.25) is 0 Å². The summed E-state index contributed by atoms with van der Waals surface area (Å²) < 4.78 is 5.89. The van der Waals surface area contributed by atoms with E-state index in [1.165, 1.54) is 24.8 Å². The lowest BCUT2D eigenvalue weighted by atomic mass is 10.1. The molecular weight excluding hydrogens is 316 g/mol. The second-order valence-electron chi connectivity index (χ2n) is 5.08. The average Bonchev–Trinajstić information content (AvgIpc) is 2.45. The Morgan fingerprint density at radius 1 is 1.00 bits per heavy atom. The number of unbranched alkanes of at least 4 members (excludes halogenated alkanes) is 3. The molecular formula is C17H21BrO2. The van der Waals surface area contributed by atoms with Crippen molar-refractivity contribution >= 4 is 26.7 Å². The lowest BCUT2D eigenvalue weighted by Gasteiger charge is -2.11. The first-order valence-corrected chi connectivity index (χ1v) is 8.25. The smallest absolute Gasteiger partial charge is 0.127 e. The molecule has 1 N–H and O–H groups in total. The van der Waals surface area contributed by atoms with Gasteiger partial charge in [0.1, 0.15) is 11.5 Å². The van der Waals surface area contributed by atoms with Gasteiger partial charge in [-0.25, -0.2) is 0 Å². The van der Waals surface area contributed by atoms with Crippen LogP contribution in [0.15, 0.2) is 30.3 Å². The van der Waals surface area contributed by atoms with E-state index in [-0.39, 0.29) is 0 Å². The van der Waals surface area contributed by atoms with Gasteiger partial charge in [0.25, 0.3) is 0 Å². The molecule has 2 aromatic carbocycles. The number of hydrogen-bond donors (Lipinski definition) is 1. The number of aryl methyl sites for hydroxylation is 1. The maximum absolute atomic E-state index is 9.90. The average molecular weight is 337 g/mol. The molecule has 0 spiro atoms. The summed E-state index contributed by atoms with van der Waals surface area (Å²) >= 11 is 3.44. The van der Waals surface area contributed by atoms with E-state index in [1.807, 2.05) is 25.1 Å². The van der Waals surface area contributed by atoms with Crippen molar-refractivity contribution in [3.8, 4) is 11.5 Å². The normalized spacial score (nSPS) is 10.9. The molecule has 2 rings (SSSR count). The minimum Gasteiger partial charge on any atom is -0.507 e. The molecule has 2 nitrogen and oxygen atoms in total. The van der Waals surface area contributed by atoms with Gasteiger partial charge in [-0.15, -0.1) is 0 Å². The van der Waals surface area contributed by atoms with Crippen molar-refractivity contribution in [3.63, 3.8) is 0 Å². The minimum absolute atomic E-state index is 0.310. The van der Waals surface area contributed by atoms with Crippen LogP contribution in [0.25, 0.3) is 10.8 Å². The number of hydrogen-bond acceptors (Lipinski definition) is 2. The molecule has 0 amide bonds. The molecule has 0 atom stereocenters. The zero-order valence-electron chi connectivity index (χ0n) is 11.9. The van der Waals surface area contributed by atoms with Gasteiger partial charge in [-0.2, -0.15) is 0 Å². The summed E-state index contributed by atoms with van der Waals surface area (Å²) in [5.41, 5.74) is 1.17. The molecule has 108 valence electrons. The van der Waals surface area contributed by atoms with Crippen molar-refractivity contribution in [1.82, 2.24) is 0 Å². The summed E-state index contributed by atoms with van der Waals surface area (Å²) in [4.78, 5) is 0. The van der Waals surface area contributed by atoms with Crippen molar-refractivity contribution < 1.29 is 9.84 Å². The van der Waals surface area contributed by atoms with Gasteiger partial charge < -0.3 is 9.84 Å². The topological polar surface area (TPSA) is 29.5 Å². The SMILES string of the molecule is Cc1ccc2c(O)ccc(OCCCCCCBr)c2c1. The third-order valence-corrected chi connectivity index (χ3v) is 3.96. The summed E-state index contributed by atoms with van der Waals surface area (Å²) in [6, 6.07) is 9.58. The standard InChI is InChI=1S/C17H21BrO2/c1-13-6-7-14-15(12-13)17(9-8-16(14)19)20-11-5-3-2-4-10-18/h6-9,12,19H,2-5,10-11H2,1H3. The Bertz CT molecular complexity index is 566. The number of alkyl halides is 1. The fraction of sp³-hybridized carbons (Fsp3) is 0.412. The van der Waals surface area contributed by atoms with Crippen LogP contribution < -0.4 is 4.74 Å². The number of phenolic OH excluding ortho intramolecular Hbond substituents is 1. The molecule has 0 radical (unpaired) electrons. The van der Waals surface area contributed by atoms with Crippen LogP contribution in [0.5, 0.6) is 11.5 Å². The second-order valence-corrected chi connectivity index (χ2v) is 5.88. The van der Waals surface area contributed by atoms with Gasteiger partial charge in [0.2, 0.25) is 0 Å². The van der Waals surface area contributed by atoms with Gasteiger partial charge in [0, 0.05) is 16.1 Å². The molecule has 0 aliphatic rings. The zero-order valence-corrected chi connectivity index (χ0v) is 13.4. The number of ether oxygens (including phenoxy) is 1. The Morgan fingerprint density at radius 2 is 1.80 bits per heavy atom. The molecule has 0 aliphatic carbocycles. The van der Waals surface area contributed by atoms with Gasteiger partial charge in [-0.3, -0.25) is 0 Å². The molecule has 0 aromatic heterocycles. The van der Waals surface area contributed by atoms with Crippen LogP contribution in [-0.4, -0.2) is 17.0 Å². The number of halogens is 1. The van der Waals surface area contributed by atoms with E-state index in [1.54, 1.807) is 6.07 Å². The van der Waals surface area contributed by atoms with E-state index in [0.29, 0.717) is 5.75 Å². The van der Waals surface area contributed by atoms with Gasteiger partial charge in [-0.05, 0) is 38.0 Å². The Kier molecular flexibility index (Phi) is 5.72. The molecule has 0 unspecified atom stereocenters. The maximum atomic E-state index is 9.90. The molecule has 0 fully saturated rings. The monoisotopic (exact) mass is 336 g/mol. The van der Waals surface area contributed by atoms with Gasteiger partial charge in [0.05, 0.1) is 6.61 Å². The highest BCUT2D eigenvalue weighted by atomic mass is 79.9. The van der Waals surface area contributed by atoms with Gasteiger partial charge >= 0.3 is 0 Å². The van der Waals surface area contributed by atoms with Crippen molar-refractivity contribution in [2.45, 2.75) is 32.6 Å². The fourth-order valence-corrected chi connectivity index (χ4v) is 2.67. The first kappa shape index (κ1) is 15.2. The molecule has 0 bridgehead atoms. The summed E-state index contributed by atoms with van der Waals surface area (Å²) in [5, 5.41) is 12.8. The summed E-state index contributed by atoms with van der Waals surface area (Å²) in [7, 11) is 0. The van der Waals surface area contributed by atoms with Crippen molar-refractivity contribution in [2.75, 3.05) is 11.9 Å². The van der Waals surface area contributed by atoms with E-state index < -0.39 is 0 Å². The summed E-state index contributed by atoms with van der Waals surface area (Å²) in [5.74, 6) is 1.17. The van der Waals surface area contributed by atoms with Gasteiger partial charge in [-0.1, -0.05) is 46.5 Å². The largest absolute Gasteiger partial charge is 0.507 e. The number of aromatic hydroxyl groups is 1.